The molecule has 1 aromatic carbocycles. The Morgan fingerprint density at radius 2 is 1.95 bits per heavy atom. The zero-order chi connectivity index (χ0) is 15.2. The van der Waals surface area contributed by atoms with Crippen LogP contribution in [0.1, 0.15) is 12.8 Å². The van der Waals surface area contributed by atoms with Gasteiger partial charge < -0.3 is 10.1 Å². The molecular formula is C13H14FN3O4. The highest BCUT2D eigenvalue weighted by Crippen LogP contribution is 2.18. The smallest absolute Gasteiger partial charge is 0.327 e. The fraction of sp³-hybridized carbons (Fsp3) is 0.308. The van der Waals surface area contributed by atoms with E-state index in [2.05, 4.69) is 5.32 Å². The number of rotatable bonds is 4. The van der Waals surface area contributed by atoms with Gasteiger partial charge in [0.2, 0.25) is 0 Å². The molecule has 3 N–H and O–H groups in total. The molecule has 1 aromatic rings. The number of ether oxygens (including phenoxy) is 1. The molecule has 1 saturated carbocycles. The predicted octanol–water partition coefficient (Wildman–Crippen LogP) is -0.369. The van der Waals surface area contributed by atoms with Gasteiger partial charge in [-0.15, -0.1) is 0 Å². The quantitative estimate of drug-likeness (QED) is 0.521. The molecular weight excluding hydrogens is 281 g/mol. The molecule has 1 fully saturated rings. The molecule has 1 aliphatic carbocycles. The maximum Gasteiger partial charge on any atom is 0.327 e. The molecule has 0 bridgehead atoms. The van der Waals surface area contributed by atoms with Gasteiger partial charge in [-0.25, -0.2) is 4.39 Å². The summed E-state index contributed by atoms with van der Waals surface area (Å²) in [5.41, 5.74) is 3.98. The topological polar surface area (TPSA) is 96.5 Å². The molecule has 0 aliphatic heterocycles. The first-order chi connectivity index (χ1) is 10.0. The third-order valence-corrected chi connectivity index (χ3v) is 2.60. The summed E-state index contributed by atoms with van der Waals surface area (Å²) < 4.78 is 17.9. The minimum Gasteiger partial charge on any atom is -0.484 e. The SMILES string of the molecule is O=C(COc1cccc(F)c1)NNC(=O)C(=O)NC1CC1. The van der Waals surface area contributed by atoms with Crippen molar-refractivity contribution >= 4 is 17.7 Å². The van der Waals surface area contributed by atoms with Gasteiger partial charge in [0.15, 0.2) is 6.61 Å². The van der Waals surface area contributed by atoms with Crippen molar-refractivity contribution in [1.29, 1.82) is 0 Å². The third-order valence-electron chi connectivity index (χ3n) is 2.60. The van der Waals surface area contributed by atoms with Gasteiger partial charge >= 0.3 is 11.8 Å². The van der Waals surface area contributed by atoms with Crippen LogP contribution >= 0.6 is 0 Å². The van der Waals surface area contributed by atoms with Gasteiger partial charge in [0.05, 0.1) is 0 Å². The Labute approximate surface area is 119 Å². The van der Waals surface area contributed by atoms with E-state index in [-0.39, 0.29) is 11.8 Å². The first-order valence-corrected chi connectivity index (χ1v) is 6.32. The zero-order valence-electron chi connectivity index (χ0n) is 11.0. The van der Waals surface area contributed by atoms with Crippen molar-refractivity contribution in [3.8, 4) is 5.75 Å². The molecule has 3 amide bonds. The van der Waals surface area contributed by atoms with Crippen molar-refractivity contribution in [2.45, 2.75) is 18.9 Å². The second-order valence-electron chi connectivity index (χ2n) is 4.50. The number of carbonyl (C=O) groups is 3. The third kappa shape index (κ3) is 5.09. The van der Waals surface area contributed by atoms with Crippen LogP contribution in [-0.4, -0.2) is 30.4 Å². The van der Waals surface area contributed by atoms with Gasteiger partial charge in [-0.2, -0.15) is 0 Å². The molecule has 0 aromatic heterocycles. The largest absolute Gasteiger partial charge is 0.484 e. The molecule has 7 nitrogen and oxygen atoms in total. The van der Waals surface area contributed by atoms with Gasteiger partial charge in [-0.05, 0) is 25.0 Å². The van der Waals surface area contributed by atoms with Crippen molar-refractivity contribution in [1.82, 2.24) is 16.2 Å². The lowest BCUT2D eigenvalue weighted by atomic mass is 10.3. The lowest BCUT2D eigenvalue weighted by molar-refractivity contribution is -0.141. The Morgan fingerprint density at radius 1 is 1.19 bits per heavy atom. The number of benzene rings is 1. The van der Waals surface area contributed by atoms with Crippen LogP contribution in [0.25, 0.3) is 0 Å². The van der Waals surface area contributed by atoms with Gasteiger partial charge in [0.25, 0.3) is 5.91 Å². The molecule has 0 atom stereocenters. The summed E-state index contributed by atoms with van der Waals surface area (Å²) in [6, 6.07) is 5.33. The van der Waals surface area contributed by atoms with Gasteiger partial charge in [-0.3, -0.25) is 25.2 Å². The molecule has 0 heterocycles. The van der Waals surface area contributed by atoms with E-state index in [1.165, 1.54) is 18.2 Å². The molecule has 2 rings (SSSR count). The van der Waals surface area contributed by atoms with E-state index in [1.807, 2.05) is 10.9 Å². The Bertz CT molecular complexity index is 560. The van der Waals surface area contributed by atoms with Crippen LogP contribution in [0.15, 0.2) is 24.3 Å². The van der Waals surface area contributed by atoms with Gasteiger partial charge in [-0.1, -0.05) is 6.07 Å². The van der Waals surface area contributed by atoms with Crippen molar-refractivity contribution in [2.24, 2.45) is 0 Å². The Kier molecular flexibility index (Phi) is 4.70. The Morgan fingerprint density at radius 3 is 2.62 bits per heavy atom. The second kappa shape index (κ2) is 6.69. The number of amides is 3. The van der Waals surface area contributed by atoms with Crippen molar-refractivity contribution in [3.05, 3.63) is 30.1 Å². The summed E-state index contributed by atoms with van der Waals surface area (Å²) in [7, 11) is 0. The highest BCUT2D eigenvalue weighted by atomic mass is 19.1. The van der Waals surface area contributed by atoms with E-state index in [9.17, 15) is 18.8 Å². The number of hydrazine groups is 1. The number of hydrogen-bond acceptors (Lipinski definition) is 4. The van der Waals surface area contributed by atoms with Crippen LogP contribution in [0.2, 0.25) is 0 Å². The number of halogens is 1. The van der Waals surface area contributed by atoms with E-state index < -0.39 is 30.1 Å². The minimum absolute atomic E-state index is 0.0512. The highest BCUT2D eigenvalue weighted by molar-refractivity contribution is 6.35. The van der Waals surface area contributed by atoms with Crippen LogP contribution in [0.3, 0.4) is 0 Å². The summed E-state index contributed by atoms with van der Waals surface area (Å²) in [4.78, 5) is 34.0. The second-order valence-corrected chi connectivity index (χ2v) is 4.50. The Balaban J connectivity index is 1.67. The zero-order valence-corrected chi connectivity index (χ0v) is 11.0. The highest BCUT2D eigenvalue weighted by Gasteiger charge is 2.26. The van der Waals surface area contributed by atoms with Crippen molar-refractivity contribution in [2.75, 3.05) is 6.61 Å². The van der Waals surface area contributed by atoms with Crippen LogP contribution in [0.5, 0.6) is 5.75 Å². The number of hydrogen-bond donors (Lipinski definition) is 3. The van der Waals surface area contributed by atoms with E-state index in [0.717, 1.165) is 18.9 Å². The van der Waals surface area contributed by atoms with E-state index >= 15 is 0 Å². The lowest BCUT2D eigenvalue weighted by Gasteiger charge is -2.08. The minimum atomic E-state index is -0.957. The van der Waals surface area contributed by atoms with Gasteiger partial charge in [0, 0.05) is 12.1 Å². The molecule has 0 unspecified atom stereocenters. The number of carbonyl (C=O) groups excluding carboxylic acids is 3. The van der Waals surface area contributed by atoms with Crippen LogP contribution < -0.4 is 20.9 Å². The summed E-state index contributed by atoms with van der Waals surface area (Å²) >= 11 is 0. The average molecular weight is 295 g/mol. The summed E-state index contributed by atoms with van der Waals surface area (Å²) in [5.74, 6) is -2.74. The summed E-state index contributed by atoms with van der Waals surface area (Å²) in [6.45, 7) is -0.423. The maximum absolute atomic E-state index is 12.9. The lowest BCUT2D eigenvalue weighted by Crippen LogP contribution is -2.50. The predicted molar refractivity (Wildman–Crippen MR) is 69.3 cm³/mol. The fourth-order valence-electron chi connectivity index (χ4n) is 1.40. The van der Waals surface area contributed by atoms with Crippen LogP contribution in [0, 0.1) is 5.82 Å². The molecule has 8 heteroatoms. The first-order valence-electron chi connectivity index (χ1n) is 6.32. The maximum atomic E-state index is 12.9. The van der Waals surface area contributed by atoms with E-state index in [1.54, 1.807) is 0 Å². The van der Waals surface area contributed by atoms with Gasteiger partial charge in [0.1, 0.15) is 11.6 Å². The molecule has 1 aliphatic rings. The molecule has 0 radical (unpaired) electrons. The van der Waals surface area contributed by atoms with E-state index in [0.29, 0.717) is 0 Å². The van der Waals surface area contributed by atoms with Crippen molar-refractivity contribution in [3.63, 3.8) is 0 Å². The summed E-state index contributed by atoms with van der Waals surface area (Å²) in [6.07, 6.45) is 1.71. The molecule has 0 spiro atoms. The monoisotopic (exact) mass is 295 g/mol. The molecule has 21 heavy (non-hydrogen) atoms. The van der Waals surface area contributed by atoms with Crippen molar-refractivity contribution < 1.29 is 23.5 Å². The average Bonchev–Trinajstić information content (AvgIpc) is 3.26. The normalized spacial score (nSPS) is 13.2. The van der Waals surface area contributed by atoms with Crippen LogP contribution in [0.4, 0.5) is 4.39 Å². The Hall–Kier alpha value is -2.64. The fourth-order valence-corrected chi connectivity index (χ4v) is 1.40. The van der Waals surface area contributed by atoms with E-state index in [4.69, 9.17) is 4.74 Å². The van der Waals surface area contributed by atoms with Crippen LogP contribution in [-0.2, 0) is 14.4 Å². The molecule has 112 valence electrons. The summed E-state index contributed by atoms with van der Waals surface area (Å²) in [5, 5.41) is 2.47. The first kappa shape index (κ1) is 14.8. The molecule has 0 saturated heterocycles. The standard InChI is InChI=1S/C13H14FN3O4/c14-8-2-1-3-10(6-8)21-7-11(18)16-17-13(20)12(19)15-9-4-5-9/h1-3,6,9H,4-5,7H2,(H,15,19)(H,16,18)(H,17,20). The number of nitrogens with one attached hydrogen (secondary N) is 3.